The van der Waals surface area contributed by atoms with Gasteiger partial charge in [0.1, 0.15) is 18.1 Å². The molecule has 1 fully saturated rings. The lowest BCUT2D eigenvalue weighted by atomic mass is 9.87. The zero-order chi connectivity index (χ0) is 27.1. The van der Waals surface area contributed by atoms with Crippen molar-refractivity contribution in [2.75, 3.05) is 11.9 Å². The van der Waals surface area contributed by atoms with Crippen molar-refractivity contribution in [1.29, 1.82) is 0 Å². The molecular weight excluding hydrogens is 474 g/mol. The van der Waals surface area contributed by atoms with Crippen LogP contribution in [0.15, 0.2) is 78.2 Å². The van der Waals surface area contributed by atoms with Crippen LogP contribution in [0.2, 0.25) is 0 Å². The van der Waals surface area contributed by atoms with Crippen LogP contribution >= 0.6 is 0 Å². The number of benzene rings is 1. The summed E-state index contributed by atoms with van der Waals surface area (Å²) in [6, 6.07) is 16.5. The maximum Gasteiger partial charge on any atom is 0.248 e. The van der Waals surface area contributed by atoms with Gasteiger partial charge in [-0.1, -0.05) is 64.3 Å². The van der Waals surface area contributed by atoms with Gasteiger partial charge in [0.2, 0.25) is 11.8 Å². The first-order valence-corrected chi connectivity index (χ1v) is 13.5. The molecule has 0 radical (unpaired) electrons. The summed E-state index contributed by atoms with van der Waals surface area (Å²) in [4.78, 5) is 38.3. The summed E-state index contributed by atoms with van der Waals surface area (Å²) in [5.41, 5.74) is 3.15. The molecule has 7 heteroatoms. The molecule has 7 nitrogen and oxygen atoms in total. The number of carbonyl (C=O) groups is 2. The number of pyridine rings is 2. The van der Waals surface area contributed by atoms with Crippen LogP contribution in [0.1, 0.15) is 70.0 Å². The van der Waals surface area contributed by atoms with Crippen molar-refractivity contribution in [3.63, 3.8) is 0 Å². The molecule has 1 aliphatic carbocycles. The second kappa shape index (κ2) is 12.2. The summed E-state index contributed by atoms with van der Waals surface area (Å²) < 4.78 is 1.80. The lowest BCUT2D eigenvalue weighted by Gasteiger charge is -2.34. The molecule has 2 aromatic heterocycles. The van der Waals surface area contributed by atoms with Crippen LogP contribution in [-0.4, -0.2) is 34.5 Å². The number of amides is 2. The molecule has 0 saturated heterocycles. The van der Waals surface area contributed by atoms with Gasteiger partial charge in [0.25, 0.3) is 0 Å². The number of nitrogens with one attached hydrogen (secondary N) is 1. The fourth-order valence-corrected chi connectivity index (χ4v) is 5.07. The number of rotatable bonds is 7. The highest BCUT2D eigenvalue weighted by atomic mass is 16.2. The van der Waals surface area contributed by atoms with Gasteiger partial charge >= 0.3 is 0 Å². The predicted octanol–water partition coefficient (Wildman–Crippen LogP) is 4.93. The molecule has 38 heavy (non-hydrogen) atoms. The molecule has 200 valence electrons. The minimum Gasteiger partial charge on any atom is -0.351 e. The van der Waals surface area contributed by atoms with E-state index in [1.54, 1.807) is 28.9 Å². The molecule has 1 unspecified atom stereocenters. The van der Waals surface area contributed by atoms with Crippen LogP contribution in [0.3, 0.4) is 0 Å². The Kier molecular flexibility index (Phi) is 8.77. The Bertz CT molecular complexity index is 1290. The molecule has 2 amide bonds. The van der Waals surface area contributed by atoms with Crippen molar-refractivity contribution in [2.24, 2.45) is 4.99 Å². The Labute approximate surface area is 225 Å². The van der Waals surface area contributed by atoms with Gasteiger partial charge in [-0.15, -0.1) is 0 Å². The normalized spacial score (nSPS) is 15.6. The fraction of sp³-hybridized carbons (Fsp3) is 0.419. The number of hydrogen-bond donors (Lipinski definition) is 1. The van der Waals surface area contributed by atoms with Crippen LogP contribution < -0.4 is 15.7 Å². The van der Waals surface area contributed by atoms with Gasteiger partial charge in [-0.05, 0) is 54.2 Å². The van der Waals surface area contributed by atoms with Crippen molar-refractivity contribution in [3.8, 4) is 0 Å². The van der Waals surface area contributed by atoms with Gasteiger partial charge in [-0.2, -0.15) is 0 Å². The lowest BCUT2D eigenvalue weighted by Crippen LogP contribution is -2.48. The van der Waals surface area contributed by atoms with E-state index in [0.29, 0.717) is 16.7 Å². The maximum atomic E-state index is 14.1. The van der Waals surface area contributed by atoms with E-state index in [9.17, 15) is 9.59 Å². The monoisotopic (exact) mass is 513 g/mol. The van der Waals surface area contributed by atoms with Crippen molar-refractivity contribution >= 4 is 17.5 Å². The number of aromatic nitrogens is 2. The highest BCUT2D eigenvalue weighted by Gasteiger charge is 2.34. The van der Waals surface area contributed by atoms with Crippen LogP contribution in [0.4, 0.5) is 5.69 Å². The van der Waals surface area contributed by atoms with Gasteiger partial charge in [0, 0.05) is 42.9 Å². The lowest BCUT2D eigenvalue weighted by molar-refractivity contribution is -0.127. The molecule has 0 bridgehead atoms. The predicted molar refractivity (Wildman–Crippen MR) is 151 cm³/mol. The highest BCUT2D eigenvalue weighted by Crippen LogP contribution is 2.31. The van der Waals surface area contributed by atoms with E-state index in [2.05, 4.69) is 36.1 Å². The fourth-order valence-electron chi connectivity index (χ4n) is 5.07. The van der Waals surface area contributed by atoms with E-state index < -0.39 is 6.04 Å². The van der Waals surface area contributed by atoms with E-state index in [0.717, 1.165) is 31.2 Å². The first kappa shape index (κ1) is 27.3. The Balaban J connectivity index is 1.78. The Morgan fingerprint density at radius 1 is 1.05 bits per heavy atom. The second-order valence-corrected chi connectivity index (χ2v) is 11.0. The van der Waals surface area contributed by atoms with Gasteiger partial charge < -0.3 is 9.88 Å². The zero-order valence-corrected chi connectivity index (χ0v) is 22.9. The summed E-state index contributed by atoms with van der Waals surface area (Å²) in [6.45, 7) is 6.51. The highest BCUT2D eigenvalue weighted by molar-refractivity contribution is 6.01. The molecule has 1 N–H and O–H groups in total. The molecule has 1 atom stereocenters. The van der Waals surface area contributed by atoms with Crippen molar-refractivity contribution in [1.82, 2.24) is 14.9 Å². The smallest absolute Gasteiger partial charge is 0.248 e. The molecule has 0 spiro atoms. The average molecular weight is 514 g/mol. The molecule has 1 aromatic carbocycles. The summed E-state index contributed by atoms with van der Waals surface area (Å²) in [5, 5.41) is 3.26. The van der Waals surface area contributed by atoms with E-state index in [4.69, 9.17) is 0 Å². The zero-order valence-electron chi connectivity index (χ0n) is 22.9. The first-order valence-electron chi connectivity index (χ1n) is 13.5. The average Bonchev–Trinajstić information content (AvgIpc) is 2.92. The topological polar surface area (TPSA) is 79.6 Å². The third-order valence-corrected chi connectivity index (χ3v) is 7.19. The maximum absolute atomic E-state index is 14.1. The Hall–Kier alpha value is -3.74. The summed E-state index contributed by atoms with van der Waals surface area (Å²) in [7, 11) is 1.70. The van der Waals surface area contributed by atoms with Crippen molar-refractivity contribution in [2.45, 2.75) is 76.9 Å². The van der Waals surface area contributed by atoms with Gasteiger partial charge in [0.15, 0.2) is 0 Å². The van der Waals surface area contributed by atoms with Crippen LogP contribution in [-0.2, 0) is 21.5 Å². The van der Waals surface area contributed by atoms with E-state index in [1.807, 2.05) is 60.8 Å². The molecule has 1 aliphatic rings. The minimum atomic E-state index is -0.857. The van der Waals surface area contributed by atoms with E-state index >= 15 is 0 Å². The van der Waals surface area contributed by atoms with Gasteiger partial charge in [-0.3, -0.25) is 24.5 Å². The molecule has 4 rings (SSSR count). The molecule has 1 saturated carbocycles. The van der Waals surface area contributed by atoms with E-state index in [-0.39, 0.29) is 29.8 Å². The van der Waals surface area contributed by atoms with Crippen LogP contribution in [0.25, 0.3) is 0 Å². The summed E-state index contributed by atoms with van der Waals surface area (Å²) in [5.74, 6) is -0.390. The van der Waals surface area contributed by atoms with Crippen LogP contribution in [0.5, 0.6) is 0 Å². The third-order valence-electron chi connectivity index (χ3n) is 7.19. The summed E-state index contributed by atoms with van der Waals surface area (Å²) in [6.07, 6.45) is 10.5. The quantitative estimate of drug-likeness (QED) is 0.486. The van der Waals surface area contributed by atoms with Crippen LogP contribution in [0, 0.1) is 0 Å². The molecule has 0 aliphatic heterocycles. The standard InChI is InChI=1S/C31H39N5O2/c1-31(2,3)24-15-17-26(18-16-24)36(28(37)22-35-20-9-8-14-27(35)32-4)29(23-11-10-19-33-21-23)30(38)34-25-12-6-5-7-13-25/h8-11,14-21,25,29H,5-7,12-13,22H2,1-4H3,(H,34,38). The SMILES string of the molecule is CN=c1ccccn1CC(=O)N(c1ccc(C(C)(C)C)cc1)C(C(=O)NC1CCCCC1)c1cccnc1. The van der Waals surface area contributed by atoms with E-state index in [1.165, 1.54) is 6.42 Å². The molecular formula is C31H39N5O2. The number of nitrogens with zero attached hydrogens (tertiary/aromatic N) is 4. The Morgan fingerprint density at radius 2 is 1.79 bits per heavy atom. The number of anilines is 1. The minimum absolute atomic E-state index is 0.0358. The van der Waals surface area contributed by atoms with Crippen molar-refractivity contribution < 1.29 is 9.59 Å². The molecule has 2 heterocycles. The van der Waals surface area contributed by atoms with Gasteiger partial charge in [-0.25, -0.2) is 0 Å². The first-order chi connectivity index (χ1) is 18.3. The number of hydrogen-bond acceptors (Lipinski definition) is 4. The largest absolute Gasteiger partial charge is 0.351 e. The van der Waals surface area contributed by atoms with Crippen molar-refractivity contribution in [3.05, 3.63) is 89.8 Å². The third kappa shape index (κ3) is 6.57. The molecule has 3 aromatic rings. The second-order valence-electron chi connectivity index (χ2n) is 11.0. The summed E-state index contributed by atoms with van der Waals surface area (Å²) >= 11 is 0. The van der Waals surface area contributed by atoms with Gasteiger partial charge in [0.05, 0.1) is 0 Å². The number of carbonyl (C=O) groups excluding carboxylic acids is 2. The Morgan fingerprint density at radius 3 is 2.42 bits per heavy atom.